The number of carbonyl (C=O) groups excluding carboxylic acids is 3. The SMILES string of the molecule is C[C@@H]1CC2(CCN(c3ccc(C(=O)N4CCC5(CC4)CC(N4CCN(c6ccc(N7CCC(=O)NC7=O)cc6)CC4)C5)cn3)CC2)CN1c1ccc(C#N)c(Cl)c1. The van der Waals surface area contributed by atoms with Gasteiger partial charge in [-0.15, -0.1) is 0 Å². The van der Waals surface area contributed by atoms with Crippen molar-refractivity contribution in [2.24, 2.45) is 10.8 Å². The number of nitriles is 1. The number of anilines is 4. The minimum atomic E-state index is -0.352. The van der Waals surface area contributed by atoms with E-state index in [9.17, 15) is 19.6 Å². The van der Waals surface area contributed by atoms with Gasteiger partial charge in [0.1, 0.15) is 11.9 Å². The zero-order valence-corrected chi connectivity index (χ0v) is 33.6. The molecule has 13 heteroatoms. The number of piperidine rings is 2. The largest absolute Gasteiger partial charge is 0.369 e. The Labute approximate surface area is 340 Å². The standard InChI is InChI=1S/C44H52ClN9O3/c1-31-25-44(30-54(31)36-4-2-32(28-46)38(45)24-36)13-16-51(17-14-44)39-9-3-33(29-47-39)41(56)52-18-11-43(12-19-52)26-37(27-43)50-22-20-49(21-23-50)34-5-7-35(8-6-34)53-15-10-40(55)48-42(53)57/h2-9,24,29,31,37H,10-23,25-27,30H2,1H3,(H,48,55,57)/t31-/m1/s1. The number of nitrogens with zero attached hydrogens (tertiary/aromatic N) is 8. The van der Waals surface area contributed by atoms with Crippen molar-refractivity contribution in [2.75, 3.05) is 85.0 Å². The van der Waals surface area contributed by atoms with E-state index >= 15 is 0 Å². The monoisotopic (exact) mass is 789 g/mol. The van der Waals surface area contributed by atoms with Crippen LogP contribution in [-0.4, -0.2) is 110 Å². The van der Waals surface area contributed by atoms with Gasteiger partial charge in [0.2, 0.25) is 5.91 Å². The van der Waals surface area contributed by atoms with Crippen LogP contribution in [0.1, 0.15) is 74.2 Å². The predicted molar refractivity (Wildman–Crippen MR) is 222 cm³/mol. The van der Waals surface area contributed by atoms with Crippen molar-refractivity contribution in [1.29, 1.82) is 5.26 Å². The number of likely N-dealkylation sites (tertiary alicyclic amines) is 1. The van der Waals surface area contributed by atoms with Crippen molar-refractivity contribution in [3.05, 3.63) is 76.9 Å². The van der Waals surface area contributed by atoms with Crippen LogP contribution in [0.2, 0.25) is 5.02 Å². The number of urea groups is 1. The molecule has 2 aromatic carbocycles. The number of rotatable bonds is 6. The van der Waals surface area contributed by atoms with Gasteiger partial charge in [0.25, 0.3) is 5.91 Å². The molecule has 3 aromatic rings. The van der Waals surface area contributed by atoms with Gasteiger partial charge in [-0.2, -0.15) is 5.26 Å². The molecule has 5 saturated heterocycles. The third kappa shape index (κ3) is 7.40. The molecule has 1 N–H and O–H groups in total. The smallest absolute Gasteiger partial charge is 0.328 e. The van der Waals surface area contributed by atoms with Gasteiger partial charge >= 0.3 is 6.03 Å². The Hall–Kier alpha value is -4.86. The Kier molecular flexibility index (Phi) is 10.0. The second-order valence-corrected chi connectivity index (χ2v) is 17.9. The van der Waals surface area contributed by atoms with E-state index < -0.39 is 0 Å². The Morgan fingerprint density at radius 3 is 2.14 bits per heavy atom. The fourth-order valence-electron chi connectivity index (χ4n) is 10.7. The number of piperazine rings is 1. The van der Waals surface area contributed by atoms with Crippen LogP contribution in [0.4, 0.5) is 27.7 Å². The molecule has 298 valence electrons. The Balaban J connectivity index is 0.708. The van der Waals surface area contributed by atoms with E-state index in [2.05, 4.69) is 50.0 Å². The molecule has 1 aliphatic carbocycles. The zero-order valence-electron chi connectivity index (χ0n) is 32.8. The highest BCUT2D eigenvalue weighted by molar-refractivity contribution is 6.32. The fraction of sp³-hybridized carbons (Fsp3) is 0.523. The highest BCUT2D eigenvalue weighted by Gasteiger charge is 2.49. The van der Waals surface area contributed by atoms with Crippen LogP contribution >= 0.6 is 11.6 Å². The van der Waals surface area contributed by atoms with Gasteiger partial charge in [-0.05, 0) is 117 Å². The lowest BCUT2D eigenvalue weighted by Crippen LogP contribution is -2.59. The highest BCUT2D eigenvalue weighted by Crippen LogP contribution is 2.51. The Bertz CT molecular complexity index is 2040. The fourth-order valence-corrected chi connectivity index (χ4v) is 10.9. The number of aromatic nitrogens is 1. The highest BCUT2D eigenvalue weighted by atomic mass is 35.5. The molecule has 6 aliphatic rings. The van der Waals surface area contributed by atoms with E-state index in [0.717, 1.165) is 108 Å². The molecule has 6 fully saturated rings. The van der Waals surface area contributed by atoms with Crippen molar-refractivity contribution in [1.82, 2.24) is 20.1 Å². The normalized spacial score (nSPS) is 23.8. The molecule has 12 nitrogen and oxygen atoms in total. The number of carbonyl (C=O) groups is 3. The number of hydrogen-bond acceptors (Lipinski definition) is 9. The van der Waals surface area contributed by atoms with Crippen molar-refractivity contribution in [3.63, 3.8) is 0 Å². The first-order valence-electron chi connectivity index (χ1n) is 20.8. The Morgan fingerprint density at radius 2 is 1.49 bits per heavy atom. The lowest BCUT2D eigenvalue weighted by Gasteiger charge is -2.56. The molecule has 1 saturated carbocycles. The summed E-state index contributed by atoms with van der Waals surface area (Å²) < 4.78 is 0. The van der Waals surface area contributed by atoms with Gasteiger partial charge < -0.3 is 19.6 Å². The summed E-state index contributed by atoms with van der Waals surface area (Å²) in [6, 6.07) is 20.7. The summed E-state index contributed by atoms with van der Waals surface area (Å²) in [5.41, 5.74) is 4.87. The molecular weight excluding hydrogens is 738 g/mol. The van der Waals surface area contributed by atoms with Crippen molar-refractivity contribution < 1.29 is 14.4 Å². The minimum Gasteiger partial charge on any atom is -0.369 e. The summed E-state index contributed by atoms with van der Waals surface area (Å²) in [4.78, 5) is 55.7. The van der Waals surface area contributed by atoms with Crippen LogP contribution in [0, 0.1) is 22.2 Å². The molecule has 2 spiro atoms. The summed E-state index contributed by atoms with van der Waals surface area (Å²) in [6.45, 7) is 11.2. The summed E-state index contributed by atoms with van der Waals surface area (Å²) in [5, 5.41) is 12.2. The van der Waals surface area contributed by atoms with E-state index in [-0.39, 0.29) is 23.3 Å². The number of halogens is 1. The number of hydrogen-bond donors (Lipinski definition) is 1. The van der Waals surface area contributed by atoms with Crippen molar-refractivity contribution in [2.45, 2.75) is 70.4 Å². The molecule has 5 aliphatic heterocycles. The van der Waals surface area contributed by atoms with Crippen LogP contribution in [0.5, 0.6) is 0 Å². The molecule has 9 rings (SSSR count). The van der Waals surface area contributed by atoms with E-state index in [0.29, 0.717) is 46.6 Å². The molecule has 0 radical (unpaired) electrons. The summed E-state index contributed by atoms with van der Waals surface area (Å²) in [7, 11) is 0. The van der Waals surface area contributed by atoms with E-state index in [4.69, 9.17) is 16.6 Å². The number of nitrogens with one attached hydrogen (secondary N) is 1. The first-order chi connectivity index (χ1) is 27.6. The van der Waals surface area contributed by atoms with Gasteiger partial charge in [-0.3, -0.25) is 24.7 Å². The van der Waals surface area contributed by atoms with Gasteiger partial charge in [0.05, 0.1) is 16.1 Å². The van der Waals surface area contributed by atoms with Crippen LogP contribution in [0.25, 0.3) is 0 Å². The molecule has 1 aromatic heterocycles. The number of benzene rings is 2. The van der Waals surface area contributed by atoms with Gasteiger partial charge in [0, 0.05) is 107 Å². The molecule has 4 amide bonds. The molecule has 57 heavy (non-hydrogen) atoms. The molecule has 6 heterocycles. The Morgan fingerprint density at radius 1 is 0.807 bits per heavy atom. The van der Waals surface area contributed by atoms with Gasteiger partial charge in [0.15, 0.2) is 0 Å². The van der Waals surface area contributed by atoms with E-state index in [1.165, 1.54) is 18.5 Å². The minimum absolute atomic E-state index is 0.0961. The second-order valence-electron chi connectivity index (χ2n) is 17.5. The average molecular weight is 790 g/mol. The summed E-state index contributed by atoms with van der Waals surface area (Å²) in [5.74, 6) is 0.824. The molecular formula is C44H52ClN9O3. The van der Waals surface area contributed by atoms with Crippen LogP contribution in [0.3, 0.4) is 0 Å². The summed E-state index contributed by atoms with van der Waals surface area (Å²) >= 11 is 6.38. The number of amides is 4. The molecule has 0 bridgehead atoms. The topological polar surface area (TPSA) is 119 Å². The maximum absolute atomic E-state index is 13.6. The lowest BCUT2D eigenvalue weighted by molar-refractivity contribution is -0.120. The number of imide groups is 1. The number of pyridine rings is 1. The molecule has 1 atom stereocenters. The predicted octanol–water partition coefficient (Wildman–Crippen LogP) is 6.15. The zero-order chi connectivity index (χ0) is 39.3. The average Bonchev–Trinajstić information content (AvgIpc) is 3.55. The first kappa shape index (κ1) is 37.7. The van der Waals surface area contributed by atoms with E-state index in [1.807, 2.05) is 47.4 Å². The van der Waals surface area contributed by atoms with Gasteiger partial charge in [-0.1, -0.05) is 11.6 Å². The third-order valence-electron chi connectivity index (χ3n) is 14.2. The third-order valence-corrected chi connectivity index (χ3v) is 14.5. The maximum Gasteiger partial charge on any atom is 0.328 e. The second kappa shape index (κ2) is 15.1. The quantitative estimate of drug-likeness (QED) is 0.314. The van der Waals surface area contributed by atoms with Crippen LogP contribution in [-0.2, 0) is 4.79 Å². The molecule has 0 unspecified atom stereocenters. The van der Waals surface area contributed by atoms with Crippen LogP contribution in [0.15, 0.2) is 60.8 Å². The van der Waals surface area contributed by atoms with Crippen LogP contribution < -0.4 is 24.9 Å². The van der Waals surface area contributed by atoms with Crippen molar-refractivity contribution in [3.8, 4) is 6.07 Å². The van der Waals surface area contributed by atoms with E-state index in [1.54, 1.807) is 11.1 Å². The first-order valence-corrected chi connectivity index (χ1v) is 21.1. The van der Waals surface area contributed by atoms with Crippen molar-refractivity contribution >= 4 is 52.3 Å². The lowest BCUT2D eigenvalue weighted by atomic mass is 9.60. The maximum atomic E-state index is 13.6. The summed E-state index contributed by atoms with van der Waals surface area (Å²) in [6.07, 6.45) is 10.0. The van der Waals surface area contributed by atoms with Gasteiger partial charge in [-0.25, -0.2) is 9.78 Å².